The second kappa shape index (κ2) is 8.93. The molecule has 1 aromatic rings. The number of benzene rings is 1. The van der Waals surface area contributed by atoms with Gasteiger partial charge in [0.2, 0.25) is 0 Å². The van der Waals surface area contributed by atoms with Crippen LogP contribution in [-0.2, 0) is 0 Å². The first-order chi connectivity index (χ1) is 10.3. The van der Waals surface area contributed by atoms with Crippen molar-refractivity contribution in [1.82, 2.24) is 5.32 Å². The van der Waals surface area contributed by atoms with Crippen molar-refractivity contribution in [2.24, 2.45) is 0 Å². The van der Waals surface area contributed by atoms with Crippen LogP contribution >= 0.6 is 0 Å². The van der Waals surface area contributed by atoms with Crippen molar-refractivity contribution in [1.29, 1.82) is 0 Å². The van der Waals surface area contributed by atoms with Gasteiger partial charge in [-0.1, -0.05) is 26.7 Å². The van der Waals surface area contributed by atoms with Crippen LogP contribution in [0.4, 0.5) is 0 Å². The first kappa shape index (κ1) is 16.2. The Morgan fingerprint density at radius 3 is 2.43 bits per heavy atom. The lowest BCUT2D eigenvalue weighted by atomic mass is 10.1. The summed E-state index contributed by atoms with van der Waals surface area (Å²) in [7, 11) is 0. The lowest BCUT2D eigenvalue weighted by molar-refractivity contribution is 0.145. The molecular weight excluding hydrogens is 262 g/mol. The molecule has 0 amide bonds. The molecule has 1 N–H and O–H groups in total. The predicted molar refractivity (Wildman–Crippen MR) is 87.2 cm³/mol. The number of ether oxygens (including phenoxy) is 2. The van der Waals surface area contributed by atoms with Gasteiger partial charge in [0.25, 0.3) is 0 Å². The molecule has 0 radical (unpaired) electrons. The van der Waals surface area contributed by atoms with Gasteiger partial charge in [-0.05, 0) is 56.5 Å². The number of hydrogen-bond acceptors (Lipinski definition) is 3. The molecule has 0 aromatic heterocycles. The summed E-state index contributed by atoms with van der Waals surface area (Å²) in [6.07, 6.45) is 7.58. The third-order valence-corrected chi connectivity index (χ3v) is 4.00. The van der Waals surface area contributed by atoms with Gasteiger partial charge in [-0.2, -0.15) is 0 Å². The predicted octanol–water partition coefficient (Wildman–Crippen LogP) is 4.17. The van der Waals surface area contributed by atoms with Gasteiger partial charge < -0.3 is 14.8 Å². The molecule has 118 valence electrons. The second-order valence-corrected chi connectivity index (χ2v) is 5.78. The Balaban J connectivity index is 1.94. The van der Waals surface area contributed by atoms with E-state index in [1.807, 2.05) is 24.3 Å². The highest BCUT2D eigenvalue weighted by Gasteiger charge is 2.24. The van der Waals surface area contributed by atoms with Gasteiger partial charge in [-0.25, -0.2) is 0 Å². The highest BCUT2D eigenvalue weighted by Crippen LogP contribution is 2.25. The summed E-state index contributed by atoms with van der Waals surface area (Å²) in [5.74, 6) is 1.88. The van der Waals surface area contributed by atoms with E-state index in [-0.39, 0.29) is 6.10 Å². The molecule has 0 bridgehead atoms. The van der Waals surface area contributed by atoms with E-state index in [9.17, 15) is 0 Å². The zero-order valence-corrected chi connectivity index (χ0v) is 13.4. The van der Waals surface area contributed by atoms with Gasteiger partial charge in [-0.3, -0.25) is 0 Å². The van der Waals surface area contributed by atoms with Gasteiger partial charge >= 0.3 is 0 Å². The van der Waals surface area contributed by atoms with Crippen LogP contribution in [-0.4, -0.2) is 25.3 Å². The minimum Gasteiger partial charge on any atom is -0.494 e. The van der Waals surface area contributed by atoms with Gasteiger partial charge in [-0.15, -0.1) is 0 Å². The molecule has 0 saturated heterocycles. The molecule has 0 spiro atoms. The highest BCUT2D eigenvalue weighted by atomic mass is 16.5. The largest absolute Gasteiger partial charge is 0.494 e. The number of nitrogens with one attached hydrogen (secondary N) is 1. The molecule has 2 unspecified atom stereocenters. The molecule has 1 fully saturated rings. The first-order valence-electron chi connectivity index (χ1n) is 8.46. The number of likely N-dealkylation sites (N-methyl/N-ethyl adjacent to an activating group) is 1. The van der Waals surface area contributed by atoms with Crippen LogP contribution in [0.15, 0.2) is 24.3 Å². The molecule has 0 aliphatic heterocycles. The third kappa shape index (κ3) is 5.24. The Morgan fingerprint density at radius 1 is 1.00 bits per heavy atom. The smallest absolute Gasteiger partial charge is 0.120 e. The molecule has 0 heterocycles. The Labute approximate surface area is 129 Å². The summed E-state index contributed by atoms with van der Waals surface area (Å²) in [4.78, 5) is 0. The lowest BCUT2D eigenvalue weighted by Gasteiger charge is -2.26. The number of rotatable bonds is 7. The summed E-state index contributed by atoms with van der Waals surface area (Å²) in [5, 5.41) is 3.58. The summed E-state index contributed by atoms with van der Waals surface area (Å²) in [6.45, 7) is 6.06. The van der Waals surface area contributed by atoms with Crippen LogP contribution in [0.1, 0.15) is 52.4 Å². The molecule has 3 nitrogen and oxygen atoms in total. The Kier molecular flexibility index (Phi) is 6.87. The Morgan fingerprint density at radius 2 is 1.71 bits per heavy atom. The van der Waals surface area contributed by atoms with Crippen molar-refractivity contribution < 1.29 is 9.47 Å². The SMILES string of the molecule is CCCOc1ccc(OC2CCCCCC2NCC)cc1. The van der Waals surface area contributed by atoms with Gasteiger partial charge in [0, 0.05) is 6.04 Å². The first-order valence-corrected chi connectivity index (χ1v) is 8.46. The van der Waals surface area contributed by atoms with Crippen molar-refractivity contribution in [3.63, 3.8) is 0 Å². The standard InChI is InChI=1S/C18H29NO2/c1-3-14-20-15-10-12-16(13-11-15)21-18-9-7-5-6-8-17(18)19-4-2/h10-13,17-19H,3-9,14H2,1-2H3. The van der Waals surface area contributed by atoms with Crippen molar-refractivity contribution in [2.75, 3.05) is 13.2 Å². The van der Waals surface area contributed by atoms with Gasteiger partial charge in [0.05, 0.1) is 6.61 Å². The summed E-state index contributed by atoms with van der Waals surface area (Å²) in [5.41, 5.74) is 0. The Bertz CT molecular complexity index is 391. The summed E-state index contributed by atoms with van der Waals surface area (Å²) < 4.78 is 11.9. The zero-order valence-electron chi connectivity index (χ0n) is 13.4. The van der Waals surface area contributed by atoms with E-state index in [2.05, 4.69) is 19.2 Å². The van der Waals surface area contributed by atoms with E-state index in [4.69, 9.17) is 9.47 Å². The maximum atomic E-state index is 6.24. The lowest BCUT2D eigenvalue weighted by Crippen LogP contribution is -2.42. The monoisotopic (exact) mass is 291 g/mol. The fraction of sp³-hybridized carbons (Fsp3) is 0.667. The highest BCUT2D eigenvalue weighted by molar-refractivity contribution is 5.31. The normalized spacial score (nSPS) is 22.6. The minimum absolute atomic E-state index is 0.287. The molecule has 1 aliphatic rings. The van der Waals surface area contributed by atoms with E-state index < -0.39 is 0 Å². The molecule has 1 saturated carbocycles. The molecule has 21 heavy (non-hydrogen) atoms. The van der Waals surface area contributed by atoms with E-state index in [1.165, 1.54) is 25.7 Å². The fourth-order valence-corrected chi connectivity index (χ4v) is 2.92. The average Bonchev–Trinajstić information content (AvgIpc) is 2.73. The molecule has 1 aromatic carbocycles. The zero-order chi connectivity index (χ0) is 14.9. The maximum absolute atomic E-state index is 6.24. The topological polar surface area (TPSA) is 30.5 Å². The van der Waals surface area contributed by atoms with Crippen molar-refractivity contribution in [3.05, 3.63) is 24.3 Å². The number of hydrogen-bond donors (Lipinski definition) is 1. The molecule has 3 heteroatoms. The van der Waals surface area contributed by atoms with Crippen LogP contribution < -0.4 is 14.8 Å². The van der Waals surface area contributed by atoms with E-state index in [0.717, 1.165) is 37.5 Å². The Hall–Kier alpha value is -1.22. The van der Waals surface area contributed by atoms with E-state index in [0.29, 0.717) is 6.04 Å². The fourth-order valence-electron chi connectivity index (χ4n) is 2.92. The third-order valence-electron chi connectivity index (χ3n) is 4.00. The molecule has 2 rings (SSSR count). The van der Waals surface area contributed by atoms with E-state index in [1.54, 1.807) is 0 Å². The molecule has 2 atom stereocenters. The van der Waals surface area contributed by atoms with Crippen LogP contribution in [0.5, 0.6) is 11.5 Å². The van der Waals surface area contributed by atoms with Gasteiger partial charge in [0.15, 0.2) is 0 Å². The maximum Gasteiger partial charge on any atom is 0.120 e. The van der Waals surface area contributed by atoms with Crippen molar-refractivity contribution in [2.45, 2.75) is 64.5 Å². The summed E-state index contributed by atoms with van der Waals surface area (Å²) >= 11 is 0. The van der Waals surface area contributed by atoms with Crippen LogP contribution in [0.3, 0.4) is 0 Å². The van der Waals surface area contributed by atoms with Crippen LogP contribution in [0, 0.1) is 0 Å². The second-order valence-electron chi connectivity index (χ2n) is 5.78. The van der Waals surface area contributed by atoms with Crippen LogP contribution in [0.25, 0.3) is 0 Å². The van der Waals surface area contributed by atoms with Crippen LogP contribution in [0.2, 0.25) is 0 Å². The average molecular weight is 291 g/mol. The van der Waals surface area contributed by atoms with Gasteiger partial charge in [0.1, 0.15) is 17.6 Å². The van der Waals surface area contributed by atoms with E-state index >= 15 is 0 Å². The van der Waals surface area contributed by atoms with Crippen molar-refractivity contribution >= 4 is 0 Å². The summed E-state index contributed by atoms with van der Waals surface area (Å²) in [6, 6.07) is 8.54. The molecular formula is C18H29NO2. The minimum atomic E-state index is 0.287. The molecule has 1 aliphatic carbocycles. The quantitative estimate of drug-likeness (QED) is 0.765. The van der Waals surface area contributed by atoms with Crippen molar-refractivity contribution in [3.8, 4) is 11.5 Å².